The van der Waals surface area contributed by atoms with E-state index >= 15 is 0 Å². The maximum Gasteiger partial charge on any atom is 0.416 e. The molecule has 0 aliphatic carbocycles. The number of alkyl halides is 6. The molecule has 1 aromatic heterocycles. The summed E-state index contributed by atoms with van der Waals surface area (Å²) in [5.74, 6) is -2.19. The number of aromatic nitrogens is 1. The number of benzene rings is 1. The quantitative estimate of drug-likeness (QED) is 0.845. The number of carboxylic acid groups (broad SMARTS) is 1. The van der Waals surface area contributed by atoms with E-state index in [0.717, 1.165) is 0 Å². The molecule has 0 saturated heterocycles. The third-order valence-corrected chi connectivity index (χ3v) is 2.56. The number of carboxylic acids is 1. The summed E-state index contributed by atoms with van der Waals surface area (Å²) >= 11 is 0. The molecule has 2 rings (SSSR count). The van der Waals surface area contributed by atoms with Gasteiger partial charge in [0, 0.05) is 5.56 Å². The summed E-state index contributed by atoms with van der Waals surface area (Å²) in [6, 6.07) is 0.740. The van der Waals surface area contributed by atoms with Crippen LogP contribution in [0.3, 0.4) is 0 Å². The fraction of sp³-hybridized carbons (Fsp3) is 0.167. The van der Waals surface area contributed by atoms with Gasteiger partial charge in [-0.3, -0.25) is 0 Å². The third-order valence-electron chi connectivity index (χ3n) is 2.56. The van der Waals surface area contributed by atoms with Crippen LogP contribution in [0, 0.1) is 0 Å². The average Bonchev–Trinajstić information content (AvgIpc) is 2.85. The van der Waals surface area contributed by atoms with Gasteiger partial charge in [0.15, 0.2) is 5.69 Å². The van der Waals surface area contributed by atoms with Crippen LogP contribution < -0.4 is 0 Å². The summed E-state index contributed by atoms with van der Waals surface area (Å²) in [6.45, 7) is 0. The number of carbonyl (C=O) groups is 1. The van der Waals surface area contributed by atoms with Crippen molar-refractivity contribution in [2.45, 2.75) is 12.4 Å². The molecular weight excluding hydrogens is 320 g/mol. The monoisotopic (exact) mass is 325 g/mol. The molecule has 1 N–H and O–H groups in total. The minimum atomic E-state index is -5.02. The minimum absolute atomic E-state index is 0.0510. The average molecular weight is 325 g/mol. The fourth-order valence-electron chi connectivity index (χ4n) is 1.58. The van der Waals surface area contributed by atoms with E-state index in [0.29, 0.717) is 18.4 Å². The van der Waals surface area contributed by atoms with E-state index < -0.39 is 46.6 Å². The Morgan fingerprint density at radius 3 is 1.86 bits per heavy atom. The largest absolute Gasteiger partial charge is 0.476 e. The van der Waals surface area contributed by atoms with Crippen LogP contribution in [0.15, 0.2) is 28.9 Å². The molecular formula is C12H5F6NO3. The van der Waals surface area contributed by atoms with E-state index in [4.69, 9.17) is 5.11 Å². The lowest BCUT2D eigenvalue weighted by atomic mass is 10.0. The summed E-state index contributed by atoms with van der Waals surface area (Å²) < 4.78 is 80.7. The summed E-state index contributed by atoms with van der Waals surface area (Å²) in [5.41, 5.74) is -4.37. The van der Waals surface area contributed by atoms with Crippen molar-refractivity contribution in [1.29, 1.82) is 0 Å². The third kappa shape index (κ3) is 3.21. The lowest BCUT2D eigenvalue weighted by Gasteiger charge is -2.12. The number of oxazole rings is 1. The van der Waals surface area contributed by atoms with E-state index in [1.807, 2.05) is 0 Å². The first kappa shape index (κ1) is 15.9. The number of halogens is 6. The second-order valence-electron chi connectivity index (χ2n) is 4.14. The topological polar surface area (TPSA) is 63.3 Å². The molecule has 22 heavy (non-hydrogen) atoms. The Morgan fingerprint density at radius 1 is 1.00 bits per heavy atom. The molecule has 0 spiro atoms. The van der Waals surface area contributed by atoms with Gasteiger partial charge in [0.2, 0.25) is 5.89 Å². The zero-order valence-electron chi connectivity index (χ0n) is 10.3. The molecule has 118 valence electrons. The lowest BCUT2D eigenvalue weighted by Crippen LogP contribution is -2.11. The first-order valence-electron chi connectivity index (χ1n) is 5.47. The van der Waals surface area contributed by atoms with Gasteiger partial charge in [-0.05, 0) is 18.2 Å². The zero-order valence-corrected chi connectivity index (χ0v) is 10.3. The predicted molar refractivity (Wildman–Crippen MR) is 58.9 cm³/mol. The summed E-state index contributed by atoms with van der Waals surface area (Å²) in [7, 11) is 0. The van der Waals surface area contributed by atoms with Crippen LogP contribution >= 0.6 is 0 Å². The molecule has 1 aromatic carbocycles. The van der Waals surface area contributed by atoms with Crippen molar-refractivity contribution in [3.05, 3.63) is 41.3 Å². The van der Waals surface area contributed by atoms with E-state index in [1.165, 1.54) is 0 Å². The maximum absolute atomic E-state index is 12.7. The Hall–Kier alpha value is -2.52. The number of aromatic carboxylic acids is 1. The minimum Gasteiger partial charge on any atom is -0.476 e. The van der Waals surface area contributed by atoms with Crippen molar-refractivity contribution in [3.8, 4) is 11.5 Å². The van der Waals surface area contributed by atoms with Crippen LogP contribution in [-0.4, -0.2) is 16.1 Å². The number of nitrogens with zero attached hydrogens (tertiary/aromatic N) is 1. The Kier molecular flexibility index (Phi) is 3.63. The van der Waals surface area contributed by atoms with E-state index in [1.54, 1.807) is 0 Å². The predicted octanol–water partition coefficient (Wildman–Crippen LogP) is 4.08. The van der Waals surface area contributed by atoms with Crippen molar-refractivity contribution in [2.24, 2.45) is 0 Å². The standard InChI is InChI=1S/C12H5F6NO3/c13-11(14,15)6-1-5(2-7(3-6)12(16,17)18)9-19-8(4-22-9)10(20)21/h1-4H,(H,20,21). The van der Waals surface area contributed by atoms with Gasteiger partial charge in [0.05, 0.1) is 11.1 Å². The van der Waals surface area contributed by atoms with Crippen molar-refractivity contribution in [2.75, 3.05) is 0 Å². The number of rotatable bonds is 2. The molecule has 0 radical (unpaired) electrons. The molecule has 0 amide bonds. The molecule has 0 aliphatic heterocycles. The highest BCUT2D eigenvalue weighted by Gasteiger charge is 2.37. The van der Waals surface area contributed by atoms with Gasteiger partial charge in [-0.15, -0.1) is 0 Å². The molecule has 4 nitrogen and oxygen atoms in total. The van der Waals surface area contributed by atoms with Gasteiger partial charge in [0.25, 0.3) is 0 Å². The summed E-state index contributed by atoms with van der Waals surface area (Å²) in [4.78, 5) is 13.9. The van der Waals surface area contributed by atoms with Crippen molar-refractivity contribution >= 4 is 5.97 Å². The van der Waals surface area contributed by atoms with Crippen LogP contribution in [0.2, 0.25) is 0 Å². The summed E-state index contributed by atoms with van der Waals surface area (Å²) in [6.07, 6.45) is -9.42. The van der Waals surface area contributed by atoms with Gasteiger partial charge in [-0.25, -0.2) is 9.78 Å². The van der Waals surface area contributed by atoms with E-state index in [9.17, 15) is 31.1 Å². The van der Waals surface area contributed by atoms with Crippen molar-refractivity contribution < 1.29 is 40.7 Å². The molecule has 10 heteroatoms. The van der Waals surface area contributed by atoms with Crippen LogP contribution in [0.5, 0.6) is 0 Å². The van der Waals surface area contributed by atoms with Gasteiger partial charge < -0.3 is 9.52 Å². The van der Waals surface area contributed by atoms with Crippen molar-refractivity contribution in [1.82, 2.24) is 4.98 Å². The molecule has 0 bridgehead atoms. The van der Waals surface area contributed by atoms with E-state index in [-0.39, 0.29) is 6.07 Å². The van der Waals surface area contributed by atoms with Crippen LogP contribution in [0.4, 0.5) is 26.3 Å². The highest BCUT2D eigenvalue weighted by atomic mass is 19.4. The second kappa shape index (κ2) is 5.04. The Bertz CT molecular complexity index is 684. The fourth-order valence-corrected chi connectivity index (χ4v) is 1.58. The molecule has 2 aromatic rings. The molecule has 0 atom stereocenters. The van der Waals surface area contributed by atoms with Gasteiger partial charge >= 0.3 is 18.3 Å². The molecule has 0 unspecified atom stereocenters. The molecule has 1 heterocycles. The van der Waals surface area contributed by atoms with Crippen LogP contribution in [0.1, 0.15) is 21.6 Å². The van der Waals surface area contributed by atoms with Gasteiger partial charge in [0.1, 0.15) is 6.26 Å². The number of hydrogen-bond acceptors (Lipinski definition) is 3. The highest BCUT2D eigenvalue weighted by Crippen LogP contribution is 2.38. The summed E-state index contributed by atoms with van der Waals surface area (Å²) in [5, 5.41) is 8.63. The Balaban J connectivity index is 2.61. The van der Waals surface area contributed by atoms with Crippen LogP contribution in [0.25, 0.3) is 11.5 Å². The molecule has 0 saturated carbocycles. The first-order chi connectivity index (χ1) is 9.98. The highest BCUT2D eigenvalue weighted by molar-refractivity contribution is 5.85. The van der Waals surface area contributed by atoms with E-state index in [2.05, 4.69) is 9.40 Å². The number of hydrogen-bond donors (Lipinski definition) is 1. The lowest BCUT2D eigenvalue weighted by molar-refractivity contribution is -0.143. The van der Waals surface area contributed by atoms with Gasteiger partial charge in [-0.2, -0.15) is 26.3 Å². The van der Waals surface area contributed by atoms with Crippen molar-refractivity contribution in [3.63, 3.8) is 0 Å². The van der Waals surface area contributed by atoms with Gasteiger partial charge in [-0.1, -0.05) is 0 Å². The smallest absolute Gasteiger partial charge is 0.416 e. The Labute approximate surface area is 118 Å². The normalized spacial score (nSPS) is 12.5. The SMILES string of the molecule is O=C(O)c1coc(-c2cc(C(F)(F)F)cc(C(F)(F)F)c2)n1. The zero-order chi connectivity index (χ0) is 16.7. The molecule has 0 aliphatic rings. The Morgan fingerprint density at radius 2 is 1.50 bits per heavy atom. The maximum atomic E-state index is 12.7. The second-order valence-corrected chi connectivity index (χ2v) is 4.14. The first-order valence-corrected chi connectivity index (χ1v) is 5.47. The van der Waals surface area contributed by atoms with Crippen LogP contribution in [-0.2, 0) is 12.4 Å². The molecule has 0 fully saturated rings.